The van der Waals surface area contributed by atoms with Gasteiger partial charge in [-0.05, 0) is 59.9 Å². The Hall–Kier alpha value is -0.530. The van der Waals surface area contributed by atoms with Gasteiger partial charge in [0.25, 0.3) is 0 Å². The Balaban J connectivity index is 2.44. The maximum absolute atomic E-state index is 6.25. The van der Waals surface area contributed by atoms with Crippen molar-refractivity contribution in [3.8, 4) is 0 Å². The van der Waals surface area contributed by atoms with Crippen LogP contribution < -0.4 is 5.32 Å². The third kappa shape index (κ3) is 2.29. The zero-order chi connectivity index (χ0) is 15.3. The molecule has 2 rings (SSSR count). The quantitative estimate of drug-likeness (QED) is 0.795. The molecule has 0 radical (unpaired) electrons. The van der Waals surface area contributed by atoms with Crippen LogP contribution in [0.25, 0.3) is 0 Å². The monoisotopic (exact) mass is 293 g/mol. The van der Waals surface area contributed by atoms with E-state index in [9.17, 15) is 0 Å². The molecule has 0 amide bonds. The molecule has 1 N–H and O–H groups in total. The van der Waals surface area contributed by atoms with Crippen LogP contribution >= 0.6 is 11.6 Å². The summed E-state index contributed by atoms with van der Waals surface area (Å²) in [6.07, 6.45) is 0. The normalized spacial score (nSPS) is 21.8. The van der Waals surface area contributed by atoms with E-state index in [1.807, 2.05) is 0 Å². The zero-order valence-electron chi connectivity index (χ0n) is 13.9. The van der Waals surface area contributed by atoms with Gasteiger partial charge >= 0.3 is 0 Å². The Morgan fingerprint density at radius 2 is 1.65 bits per heavy atom. The van der Waals surface area contributed by atoms with Crippen LogP contribution in [0.1, 0.15) is 57.4 Å². The summed E-state index contributed by atoms with van der Waals surface area (Å²) in [4.78, 5) is 0. The molecule has 1 fully saturated rings. The van der Waals surface area contributed by atoms with Crippen molar-refractivity contribution in [3.63, 3.8) is 0 Å². The highest BCUT2D eigenvalue weighted by atomic mass is 35.5. The first-order chi connectivity index (χ1) is 9.14. The van der Waals surface area contributed by atoms with E-state index in [1.54, 1.807) is 0 Å². The van der Waals surface area contributed by atoms with E-state index < -0.39 is 0 Å². The zero-order valence-corrected chi connectivity index (χ0v) is 14.7. The molecule has 1 saturated carbocycles. The standard InChI is InChI=1S/C18H28ClN/c1-8-20-15(16-17(4,5)18(16,6)7)13-9-12(3)14(19)10-11(13)2/h9-10,15-16,20H,8H2,1-7H3. The highest BCUT2D eigenvalue weighted by molar-refractivity contribution is 6.31. The van der Waals surface area contributed by atoms with Gasteiger partial charge in [0.05, 0.1) is 0 Å². The van der Waals surface area contributed by atoms with Crippen molar-refractivity contribution in [3.05, 3.63) is 33.8 Å². The number of aryl methyl sites for hydroxylation is 2. The van der Waals surface area contributed by atoms with E-state index in [1.165, 1.54) is 16.7 Å². The largest absolute Gasteiger partial charge is 0.310 e. The predicted molar refractivity (Wildman–Crippen MR) is 88.4 cm³/mol. The summed E-state index contributed by atoms with van der Waals surface area (Å²) in [6, 6.07) is 4.80. The fourth-order valence-corrected chi connectivity index (χ4v) is 4.06. The van der Waals surface area contributed by atoms with Crippen molar-refractivity contribution < 1.29 is 0 Å². The summed E-state index contributed by atoms with van der Waals surface area (Å²) < 4.78 is 0. The van der Waals surface area contributed by atoms with Crippen LogP contribution in [0.3, 0.4) is 0 Å². The van der Waals surface area contributed by atoms with Crippen LogP contribution in [0.2, 0.25) is 5.02 Å². The molecular formula is C18H28ClN. The molecule has 1 unspecified atom stereocenters. The summed E-state index contributed by atoms with van der Waals surface area (Å²) >= 11 is 6.25. The summed E-state index contributed by atoms with van der Waals surface area (Å²) in [7, 11) is 0. The Morgan fingerprint density at radius 1 is 1.10 bits per heavy atom. The molecule has 0 heterocycles. The maximum Gasteiger partial charge on any atom is 0.0438 e. The van der Waals surface area contributed by atoms with Gasteiger partial charge in [0.15, 0.2) is 0 Å². The first kappa shape index (κ1) is 15.9. The third-order valence-corrected chi connectivity index (χ3v) is 6.18. The van der Waals surface area contributed by atoms with Crippen LogP contribution in [-0.4, -0.2) is 6.54 Å². The van der Waals surface area contributed by atoms with E-state index in [-0.39, 0.29) is 0 Å². The Labute approximate surface area is 129 Å². The molecule has 1 aliphatic rings. The third-order valence-electron chi connectivity index (χ3n) is 5.77. The fourth-order valence-electron chi connectivity index (χ4n) is 3.85. The number of nitrogens with one attached hydrogen (secondary N) is 1. The Bertz CT molecular complexity index is 502. The summed E-state index contributed by atoms with van der Waals surface area (Å²) in [5.41, 5.74) is 4.63. The lowest BCUT2D eigenvalue weighted by atomic mass is 9.92. The summed E-state index contributed by atoms with van der Waals surface area (Å²) in [6.45, 7) is 17.0. The van der Waals surface area contributed by atoms with Crippen LogP contribution in [0.15, 0.2) is 12.1 Å². The number of halogens is 1. The van der Waals surface area contributed by atoms with E-state index >= 15 is 0 Å². The molecule has 1 aromatic rings. The molecule has 112 valence electrons. The molecular weight excluding hydrogens is 266 g/mol. The van der Waals surface area contributed by atoms with Gasteiger partial charge < -0.3 is 5.32 Å². The lowest BCUT2D eigenvalue weighted by Gasteiger charge is -2.23. The van der Waals surface area contributed by atoms with Gasteiger partial charge in [0.2, 0.25) is 0 Å². The van der Waals surface area contributed by atoms with E-state index in [0.717, 1.165) is 11.6 Å². The van der Waals surface area contributed by atoms with Crippen molar-refractivity contribution in [2.45, 2.75) is 54.5 Å². The van der Waals surface area contributed by atoms with Gasteiger partial charge in [-0.15, -0.1) is 0 Å². The molecule has 1 atom stereocenters. The minimum Gasteiger partial charge on any atom is -0.310 e. The molecule has 0 bridgehead atoms. The first-order valence-electron chi connectivity index (χ1n) is 7.64. The SMILES string of the molecule is CCNC(c1cc(C)c(Cl)cc1C)C1C(C)(C)C1(C)C. The fraction of sp³-hybridized carbons (Fsp3) is 0.667. The second-order valence-corrected chi connectivity index (χ2v) is 7.82. The van der Waals surface area contributed by atoms with Crippen LogP contribution in [0.5, 0.6) is 0 Å². The van der Waals surface area contributed by atoms with Gasteiger partial charge in [-0.1, -0.05) is 52.3 Å². The first-order valence-corrected chi connectivity index (χ1v) is 8.02. The number of rotatable bonds is 4. The van der Waals surface area contributed by atoms with Crippen molar-refractivity contribution in [2.24, 2.45) is 16.7 Å². The van der Waals surface area contributed by atoms with E-state index in [4.69, 9.17) is 11.6 Å². The minimum absolute atomic E-state index is 0.375. The predicted octanol–water partition coefficient (Wildman–Crippen LogP) is 5.29. The van der Waals surface area contributed by atoms with Gasteiger partial charge in [-0.25, -0.2) is 0 Å². The highest BCUT2D eigenvalue weighted by Gasteiger charge is 2.67. The van der Waals surface area contributed by atoms with Crippen molar-refractivity contribution >= 4 is 11.6 Å². The van der Waals surface area contributed by atoms with Gasteiger partial charge in [0, 0.05) is 11.1 Å². The average molecular weight is 294 g/mol. The second kappa shape index (κ2) is 5.03. The molecule has 20 heavy (non-hydrogen) atoms. The van der Waals surface area contributed by atoms with Gasteiger partial charge in [-0.2, -0.15) is 0 Å². The molecule has 2 heteroatoms. The molecule has 0 saturated heterocycles. The van der Waals surface area contributed by atoms with Crippen LogP contribution in [-0.2, 0) is 0 Å². The maximum atomic E-state index is 6.25. The lowest BCUT2D eigenvalue weighted by molar-refractivity contribution is 0.417. The minimum atomic E-state index is 0.375. The summed E-state index contributed by atoms with van der Waals surface area (Å²) in [5, 5.41) is 4.59. The molecule has 0 spiro atoms. The van der Waals surface area contributed by atoms with Gasteiger partial charge in [0.1, 0.15) is 0 Å². The van der Waals surface area contributed by atoms with Crippen molar-refractivity contribution in [1.82, 2.24) is 5.32 Å². The molecule has 1 aromatic carbocycles. The Kier molecular flexibility index (Phi) is 3.99. The number of hydrogen-bond donors (Lipinski definition) is 1. The number of hydrogen-bond acceptors (Lipinski definition) is 1. The summed E-state index contributed by atoms with van der Waals surface area (Å²) in [5.74, 6) is 0.661. The lowest BCUT2D eigenvalue weighted by Crippen LogP contribution is -2.26. The van der Waals surface area contributed by atoms with Crippen molar-refractivity contribution in [2.75, 3.05) is 6.54 Å². The van der Waals surface area contributed by atoms with E-state index in [2.05, 4.69) is 65.9 Å². The van der Waals surface area contributed by atoms with Gasteiger partial charge in [-0.3, -0.25) is 0 Å². The van der Waals surface area contributed by atoms with Crippen LogP contribution in [0, 0.1) is 30.6 Å². The highest BCUT2D eigenvalue weighted by Crippen LogP contribution is 2.72. The molecule has 0 aromatic heterocycles. The smallest absolute Gasteiger partial charge is 0.0438 e. The topological polar surface area (TPSA) is 12.0 Å². The average Bonchev–Trinajstić information content (AvgIpc) is 2.72. The second-order valence-electron chi connectivity index (χ2n) is 7.41. The number of benzene rings is 1. The Morgan fingerprint density at radius 3 is 2.10 bits per heavy atom. The molecule has 0 aliphatic heterocycles. The van der Waals surface area contributed by atoms with Crippen molar-refractivity contribution in [1.29, 1.82) is 0 Å². The van der Waals surface area contributed by atoms with E-state index in [0.29, 0.717) is 22.8 Å². The molecule has 1 nitrogen and oxygen atoms in total. The van der Waals surface area contributed by atoms with Crippen LogP contribution in [0.4, 0.5) is 0 Å². The molecule has 1 aliphatic carbocycles.